The molecule has 0 bridgehead atoms. The van der Waals surface area contributed by atoms with E-state index < -0.39 is 13.0 Å². The lowest BCUT2D eigenvalue weighted by Crippen LogP contribution is -2.25. The highest BCUT2D eigenvalue weighted by Gasteiger charge is 2.27. The third kappa shape index (κ3) is 4.55. The lowest BCUT2D eigenvalue weighted by Gasteiger charge is -2.27. The van der Waals surface area contributed by atoms with Gasteiger partial charge < -0.3 is 5.11 Å². The van der Waals surface area contributed by atoms with Gasteiger partial charge in [0.25, 0.3) is 0 Å². The second-order valence-electron chi connectivity index (χ2n) is 7.26. The molecule has 4 aromatic carbocycles. The third-order valence-electron chi connectivity index (χ3n) is 5.24. The quantitative estimate of drug-likeness (QED) is 0.314. The fraction of sp³-hybridized carbons (Fsp3) is 0. The standard InChI is InChI=1S/C28H21N2O2P/c29-21-22-11-10-18-27(26(22)19-20-28(31)32)30-33(23-12-4-1-5-13-23,24-14-6-2-7-15-24)25-16-8-3-9-17-25/h1-20H,(H,31,32). The normalized spacial score (nSPS) is 11.1. The number of rotatable bonds is 6. The van der Waals surface area contributed by atoms with E-state index >= 15 is 0 Å². The van der Waals surface area contributed by atoms with E-state index in [1.807, 2.05) is 60.7 Å². The van der Waals surface area contributed by atoms with Crippen LogP contribution in [-0.4, -0.2) is 11.1 Å². The summed E-state index contributed by atoms with van der Waals surface area (Å²) in [5.41, 5.74) is 1.45. The molecule has 1 N–H and O–H groups in total. The van der Waals surface area contributed by atoms with Crippen LogP contribution in [0.4, 0.5) is 5.69 Å². The van der Waals surface area contributed by atoms with Crippen LogP contribution in [-0.2, 0) is 4.79 Å². The van der Waals surface area contributed by atoms with Crippen LogP contribution in [0.2, 0.25) is 0 Å². The number of carboxylic acid groups (broad SMARTS) is 1. The predicted octanol–water partition coefficient (Wildman–Crippen LogP) is 5.47. The van der Waals surface area contributed by atoms with Crippen LogP contribution in [0.25, 0.3) is 6.08 Å². The maximum absolute atomic E-state index is 11.2. The van der Waals surface area contributed by atoms with Gasteiger partial charge in [0.1, 0.15) is 0 Å². The van der Waals surface area contributed by atoms with E-state index in [1.165, 1.54) is 6.08 Å². The summed E-state index contributed by atoms with van der Waals surface area (Å²) in [6.45, 7) is 0. The van der Waals surface area contributed by atoms with Gasteiger partial charge in [-0.05, 0) is 18.2 Å². The third-order valence-corrected chi connectivity index (χ3v) is 8.90. The first-order valence-electron chi connectivity index (χ1n) is 10.4. The van der Waals surface area contributed by atoms with Crippen LogP contribution in [0.3, 0.4) is 0 Å². The van der Waals surface area contributed by atoms with Crippen molar-refractivity contribution in [1.82, 2.24) is 0 Å². The van der Waals surface area contributed by atoms with Crippen LogP contribution < -0.4 is 15.9 Å². The van der Waals surface area contributed by atoms with E-state index in [-0.39, 0.29) is 0 Å². The van der Waals surface area contributed by atoms with Gasteiger partial charge in [0, 0.05) is 27.6 Å². The fourth-order valence-corrected chi connectivity index (χ4v) is 7.33. The van der Waals surface area contributed by atoms with Gasteiger partial charge in [0.2, 0.25) is 0 Å². The molecule has 0 aliphatic carbocycles. The minimum absolute atomic E-state index is 0.376. The summed E-state index contributed by atoms with van der Waals surface area (Å²) in [7, 11) is -2.55. The Morgan fingerprint density at radius 1 is 0.758 bits per heavy atom. The molecule has 0 aliphatic heterocycles. The molecule has 33 heavy (non-hydrogen) atoms. The molecular formula is C28H21N2O2P. The number of aliphatic carboxylic acids is 1. The lowest BCUT2D eigenvalue weighted by atomic mass is 10.1. The predicted molar refractivity (Wildman–Crippen MR) is 135 cm³/mol. The Balaban J connectivity index is 2.16. The van der Waals surface area contributed by atoms with Crippen molar-refractivity contribution in [2.75, 3.05) is 0 Å². The van der Waals surface area contributed by atoms with E-state index in [0.29, 0.717) is 16.8 Å². The van der Waals surface area contributed by atoms with Gasteiger partial charge in [0.15, 0.2) is 0 Å². The highest BCUT2D eigenvalue weighted by Crippen LogP contribution is 2.50. The van der Waals surface area contributed by atoms with Gasteiger partial charge in [-0.25, -0.2) is 4.79 Å². The highest BCUT2D eigenvalue weighted by atomic mass is 31.2. The Kier molecular flexibility index (Phi) is 6.64. The van der Waals surface area contributed by atoms with Crippen molar-refractivity contribution < 1.29 is 9.90 Å². The molecule has 0 saturated heterocycles. The summed E-state index contributed by atoms with van der Waals surface area (Å²) in [4.78, 5) is 11.2. The minimum Gasteiger partial charge on any atom is -0.478 e. The van der Waals surface area contributed by atoms with Gasteiger partial charge in [-0.2, -0.15) is 5.26 Å². The van der Waals surface area contributed by atoms with Crippen molar-refractivity contribution in [1.29, 1.82) is 5.26 Å². The fourth-order valence-electron chi connectivity index (χ4n) is 3.78. The van der Waals surface area contributed by atoms with Crippen molar-refractivity contribution >= 4 is 40.7 Å². The second-order valence-corrected chi connectivity index (χ2v) is 10.3. The molecular weight excluding hydrogens is 427 g/mol. The monoisotopic (exact) mass is 448 g/mol. The van der Waals surface area contributed by atoms with Gasteiger partial charge in [-0.1, -0.05) is 97.1 Å². The molecule has 0 heterocycles. The molecule has 4 nitrogen and oxygen atoms in total. The first-order chi connectivity index (χ1) is 16.1. The number of nitriles is 1. The van der Waals surface area contributed by atoms with Gasteiger partial charge in [0.05, 0.1) is 24.4 Å². The van der Waals surface area contributed by atoms with Crippen LogP contribution in [0.15, 0.2) is 120 Å². The largest absolute Gasteiger partial charge is 0.478 e. The number of carboxylic acids is 1. The van der Waals surface area contributed by atoms with Crippen molar-refractivity contribution in [2.45, 2.75) is 0 Å². The molecule has 160 valence electrons. The highest BCUT2D eigenvalue weighted by molar-refractivity contribution is 7.87. The first-order valence-corrected chi connectivity index (χ1v) is 12.1. The molecule has 0 atom stereocenters. The molecule has 0 spiro atoms. The zero-order valence-electron chi connectivity index (χ0n) is 17.7. The van der Waals surface area contributed by atoms with E-state index in [2.05, 4.69) is 42.5 Å². The average molecular weight is 448 g/mol. The first kappa shape index (κ1) is 22.0. The van der Waals surface area contributed by atoms with E-state index in [0.717, 1.165) is 22.0 Å². The molecule has 4 rings (SSSR count). The lowest BCUT2D eigenvalue weighted by molar-refractivity contribution is -0.131. The van der Waals surface area contributed by atoms with Gasteiger partial charge in [-0.15, -0.1) is 0 Å². The zero-order valence-corrected chi connectivity index (χ0v) is 18.6. The smallest absolute Gasteiger partial charge is 0.328 e. The second kappa shape index (κ2) is 9.96. The van der Waals surface area contributed by atoms with Crippen LogP contribution in [0.5, 0.6) is 0 Å². The van der Waals surface area contributed by atoms with Crippen molar-refractivity contribution in [3.63, 3.8) is 0 Å². The summed E-state index contributed by atoms with van der Waals surface area (Å²) >= 11 is 0. The SMILES string of the molecule is N#Cc1cccc(N=P(c2ccccc2)(c2ccccc2)c2ccccc2)c1C=CC(=O)O. The molecule has 0 aliphatic rings. The molecule has 4 aromatic rings. The number of carbonyl (C=O) groups is 1. The van der Waals surface area contributed by atoms with Gasteiger partial charge >= 0.3 is 5.97 Å². The summed E-state index contributed by atoms with van der Waals surface area (Å²) < 4.78 is 5.40. The van der Waals surface area contributed by atoms with Crippen molar-refractivity contribution in [3.05, 3.63) is 126 Å². The Bertz CT molecular complexity index is 1290. The molecule has 0 radical (unpaired) electrons. The Hall–Kier alpha value is -4.19. The minimum atomic E-state index is -2.55. The van der Waals surface area contributed by atoms with Crippen molar-refractivity contribution in [3.8, 4) is 6.07 Å². The van der Waals surface area contributed by atoms with E-state index in [4.69, 9.17) is 4.74 Å². The zero-order chi connectivity index (χ0) is 23.1. The maximum atomic E-state index is 11.2. The molecule has 0 saturated carbocycles. The summed E-state index contributed by atoms with van der Waals surface area (Å²) in [6.07, 6.45) is 2.50. The summed E-state index contributed by atoms with van der Waals surface area (Å²) in [5, 5.41) is 22.1. The maximum Gasteiger partial charge on any atom is 0.328 e. The summed E-state index contributed by atoms with van der Waals surface area (Å²) in [5.74, 6) is -1.08. The average Bonchev–Trinajstić information content (AvgIpc) is 2.87. The number of hydrogen-bond acceptors (Lipinski definition) is 3. The Morgan fingerprint density at radius 3 is 1.67 bits per heavy atom. The molecule has 5 heteroatoms. The molecule has 0 unspecified atom stereocenters. The van der Waals surface area contributed by atoms with Crippen molar-refractivity contribution in [2.24, 2.45) is 4.74 Å². The topological polar surface area (TPSA) is 73.5 Å². The number of nitrogens with zero attached hydrogens (tertiary/aromatic N) is 2. The van der Waals surface area contributed by atoms with Gasteiger partial charge in [-0.3, -0.25) is 4.74 Å². The number of hydrogen-bond donors (Lipinski definition) is 1. The van der Waals surface area contributed by atoms with E-state index in [9.17, 15) is 15.2 Å². The Labute approximate surface area is 193 Å². The van der Waals surface area contributed by atoms with Crippen LogP contribution in [0.1, 0.15) is 11.1 Å². The Morgan fingerprint density at radius 2 is 1.24 bits per heavy atom. The molecule has 0 fully saturated rings. The molecule has 0 aromatic heterocycles. The number of benzene rings is 4. The van der Waals surface area contributed by atoms with E-state index in [1.54, 1.807) is 12.1 Å². The van der Waals surface area contributed by atoms with Crippen LogP contribution >= 0.6 is 7.05 Å². The molecule has 0 amide bonds. The van der Waals surface area contributed by atoms with Crippen LogP contribution in [0, 0.1) is 11.3 Å². The summed E-state index contributed by atoms with van der Waals surface area (Å²) in [6, 6.07) is 37.9.